The number of benzene rings is 1. The molecule has 0 amide bonds. The van der Waals surface area contributed by atoms with Crippen LogP contribution in [-0.2, 0) is 13.6 Å². The fourth-order valence-corrected chi connectivity index (χ4v) is 2.69. The molecule has 0 saturated heterocycles. The van der Waals surface area contributed by atoms with Gasteiger partial charge in [-0.05, 0) is 31.9 Å². The number of ether oxygens (including phenoxy) is 1. The van der Waals surface area contributed by atoms with Gasteiger partial charge in [-0.1, -0.05) is 6.07 Å². The first-order chi connectivity index (χ1) is 10.6. The zero-order valence-corrected chi connectivity index (χ0v) is 13.1. The molecule has 0 unspecified atom stereocenters. The summed E-state index contributed by atoms with van der Waals surface area (Å²) in [5.74, 6) is 2.76. The predicted octanol–water partition coefficient (Wildman–Crippen LogP) is 2.69. The number of halogens is 1. The van der Waals surface area contributed by atoms with Gasteiger partial charge in [0, 0.05) is 24.6 Å². The van der Waals surface area contributed by atoms with Gasteiger partial charge in [-0.3, -0.25) is 0 Å². The lowest BCUT2D eigenvalue weighted by Gasteiger charge is -2.17. The summed E-state index contributed by atoms with van der Waals surface area (Å²) in [4.78, 5) is 0. The summed E-state index contributed by atoms with van der Waals surface area (Å²) in [7, 11) is 3.54. The molecule has 1 aliphatic carbocycles. The lowest BCUT2D eigenvalue weighted by molar-refractivity contribution is 0.392. The molecule has 1 atom stereocenters. The molecular weight excluding hydrogens is 283 g/mol. The van der Waals surface area contributed by atoms with Crippen molar-refractivity contribution in [2.24, 2.45) is 7.05 Å². The van der Waals surface area contributed by atoms with Crippen molar-refractivity contribution in [2.75, 3.05) is 7.11 Å². The van der Waals surface area contributed by atoms with E-state index in [-0.39, 0.29) is 11.9 Å². The molecule has 5 nitrogen and oxygen atoms in total. The Hall–Kier alpha value is -1.95. The van der Waals surface area contributed by atoms with E-state index in [1.165, 1.54) is 18.9 Å². The standard InChI is InChI=1S/C16H21FN4O/c1-10(15-12(17)5-4-6-13(15)22-3)18-9-14-19-20-16(21(14)2)11-7-8-11/h4-6,10-11,18H,7-9H2,1-3H3/t10-/m0/s1. The summed E-state index contributed by atoms with van der Waals surface area (Å²) >= 11 is 0. The van der Waals surface area contributed by atoms with Crippen LogP contribution >= 0.6 is 0 Å². The Balaban J connectivity index is 1.71. The molecule has 1 aromatic heterocycles. The maximum Gasteiger partial charge on any atom is 0.146 e. The summed E-state index contributed by atoms with van der Waals surface area (Å²) in [6.07, 6.45) is 2.39. The molecule has 1 N–H and O–H groups in total. The summed E-state index contributed by atoms with van der Waals surface area (Å²) in [5.41, 5.74) is 0.537. The third kappa shape index (κ3) is 2.83. The Kier molecular flexibility index (Phi) is 4.11. The summed E-state index contributed by atoms with van der Waals surface area (Å²) in [6, 6.07) is 4.68. The van der Waals surface area contributed by atoms with E-state index in [9.17, 15) is 4.39 Å². The van der Waals surface area contributed by atoms with Crippen LogP contribution in [0.3, 0.4) is 0 Å². The molecule has 0 spiro atoms. The molecule has 1 heterocycles. The van der Waals surface area contributed by atoms with Gasteiger partial charge in [0.1, 0.15) is 23.2 Å². The van der Waals surface area contributed by atoms with Gasteiger partial charge in [-0.15, -0.1) is 10.2 Å². The van der Waals surface area contributed by atoms with E-state index in [0.717, 1.165) is 11.6 Å². The molecule has 6 heteroatoms. The third-order valence-corrected chi connectivity index (χ3v) is 4.17. The van der Waals surface area contributed by atoms with Crippen LogP contribution in [0.2, 0.25) is 0 Å². The largest absolute Gasteiger partial charge is 0.496 e. The second kappa shape index (κ2) is 6.04. The second-order valence-corrected chi connectivity index (χ2v) is 5.77. The summed E-state index contributed by atoms with van der Waals surface area (Å²) in [5, 5.41) is 11.8. The first-order valence-electron chi connectivity index (χ1n) is 7.55. The monoisotopic (exact) mass is 304 g/mol. The van der Waals surface area contributed by atoms with E-state index < -0.39 is 0 Å². The molecule has 0 aliphatic heterocycles. The predicted molar refractivity (Wildman–Crippen MR) is 81.2 cm³/mol. The number of nitrogens with one attached hydrogen (secondary N) is 1. The molecular formula is C16H21FN4O. The van der Waals surface area contributed by atoms with Crippen molar-refractivity contribution in [2.45, 2.75) is 38.3 Å². The van der Waals surface area contributed by atoms with Crippen LogP contribution in [0.25, 0.3) is 0 Å². The Morgan fingerprint density at radius 2 is 2.18 bits per heavy atom. The van der Waals surface area contributed by atoms with Gasteiger partial charge in [0.15, 0.2) is 0 Å². The third-order valence-electron chi connectivity index (χ3n) is 4.17. The molecule has 1 aromatic carbocycles. The quantitative estimate of drug-likeness (QED) is 0.891. The van der Waals surface area contributed by atoms with Crippen molar-refractivity contribution < 1.29 is 9.13 Å². The van der Waals surface area contributed by atoms with E-state index in [1.54, 1.807) is 19.2 Å². The van der Waals surface area contributed by atoms with Crippen LogP contribution < -0.4 is 10.1 Å². The topological polar surface area (TPSA) is 52.0 Å². The molecule has 2 aromatic rings. The van der Waals surface area contributed by atoms with Crippen LogP contribution in [-0.4, -0.2) is 21.9 Å². The molecule has 3 rings (SSSR count). The molecule has 118 valence electrons. The molecule has 1 saturated carbocycles. The Bertz CT molecular complexity index is 666. The van der Waals surface area contributed by atoms with E-state index in [2.05, 4.69) is 15.5 Å². The maximum atomic E-state index is 14.1. The Morgan fingerprint density at radius 3 is 2.86 bits per heavy atom. The molecule has 1 aliphatic rings. The van der Waals surface area contributed by atoms with Crippen LogP contribution in [0.5, 0.6) is 5.75 Å². The molecule has 0 radical (unpaired) electrons. The first-order valence-corrected chi connectivity index (χ1v) is 7.55. The van der Waals surface area contributed by atoms with Gasteiger partial charge < -0.3 is 14.6 Å². The number of methoxy groups -OCH3 is 1. The van der Waals surface area contributed by atoms with Crippen LogP contribution in [0.4, 0.5) is 4.39 Å². The van der Waals surface area contributed by atoms with Gasteiger partial charge in [0.25, 0.3) is 0 Å². The van der Waals surface area contributed by atoms with Crippen molar-refractivity contribution in [3.8, 4) is 5.75 Å². The van der Waals surface area contributed by atoms with Crippen LogP contribution in [0.1, 0.15) is 48.9 Å². The zero-order chi connectivity index (χ0) is 15.7. The fraction of sp³-hybridized carbons (Fsp3) is 0.500. The minimum absolute atomic E-state index is 0.183. The lowest BCUT2D eigenvalue weighted by atomic mass is 10.1. The highest BCUT2D eigenvalue weighted by atomic mass is 19.1. The van der Waals surface area contributed by atoms with Crippen molar-refractivity contribution in [1.29, 1.82) is 0 Å². The second-order valence-electron chi connectivity index (χ2n) is 5.77. The van der Waals surface area contributed by atoms with E-state index in [1.807, 2.05) is 18.5 Å². The van der Waals surface area contributed by atoms with Crippen LogP contribution in [0.15, 0.2) is 18.2 Å². The van der Waals surface area contributed by atoms with Crippen molar-refractivity contribution >= 4 is 0 Å². The minimum Gasteiger partial charge on any atom is -0.496 e. The number of aromatic nitrogens is 3. The number of hydrogen-bond donors (Lipinski definition) is 1. The van der Waals surface area contributed by atoms with Gasteiger partial charge in [-0.2, -0.15) is 0 Å². The van der Waals surface area contributed by atoms with Gasteiger partial charge in [0.05, 0.1) is 13.7 Å². The van der Waals surface area contributed by atoms with Crippen molar-refractivity contribution in [1.82, 2.24) is 20.1 Å². The minimum atomic E-state index is -0.268. The molecule has 22 heavy (non-hydrogen) atoms. The van der Waals surface area contributed by atoms with Crippen LogP contribution in [0, 0.1) is 5.82 Å². The van der Waals surface area contributed by atoms with Crippen molar-refractivity contribution in [3.05, 3.63) is 41.2 Å². The first kappa shape index (κ1) is 15.0. The zero-order valence-electron chi connectivity index (χ0n) is 13.1. The summed E-state index contributed by atoms with van der Waals surface area (Å²) in [6.45, 7) is 2.45. The average Bonchev–Trinajstić information content (AvgIpc) is 3.28. The van der Waals surface area contributed by atoms with E-state index in [0.29, 0.717) is 23.8 Å². The maximum absolute atomic E-state index is 14.1. The number of nitrogens with zero attached hydrogens (tertiary/aromatic N) is 3. The van der Waals surface area contributed by atoms with Crippen molar-refractivity contribution in [3.63, 3.8) is 0 Å². The highest BCUT2D eigenvalue weighted by Gasteiger charge is 2.29. The Labute approximate surface area is 129 Å². The number of rotatable bonds is 6. The number of hydrogen-bond acceptors (Lipinski definition) is 4. The fourth-order valence-electron chi connectivity index (χ4n) is 2.69. The Morgan fingerprint density at radius 1 is 1.41 bits per heavy atom. The highest BCUT2D eigenvalue weighted by Crippen LogP contribution is 2.38. The van der Waals surface area contributed by atoms with Gasteiger partial charge in [0.2, 0.25) is 0 Å². The van der Waals surface area contributed by atoms with Gasteiger partial charge in [-0.25, -0.2) is 4.39 Å². The smallest absolute Gasteiger partial charge is 0.146 e. The average molecular weight is 304 g/mol. The van der Waals surface area contributed by atoms with Gasteiger partial charge >= 0.3 is 0 Å². The molecule has 0 bridgehead atoms. The SMILES string of the molecule is COc1cccc(F)c1[C@H](C)NCc1nnc(C2CC2)n1C. The normalized spacial score (nSPS) is 15.8. The van der Waals surface area contributed by atoms with E-state index in [4.69, 9.17) is 4.74 Å². The summed E-state index contributed by atoms with van der Waals surface area (Å²) < 4.78 is 21.3. The van der Waals surface area contributed by atoms with E-state index >= 15 is 0 Å². The highest BCUT2D eigenvalue weighted by molar-refractivity contribution is 5.36. The molecule has 1 fully saturated rings. The lowest BCUT2D eigenvalue weighted by Crippen LogP contribution is -2.22.